The lowest BCUT2D eigenvalue weighted by Crippen LogP contribution is -1.77. The van der Waals surface area contributed by atoms with Gasteiger partial charge in [0.25, 0.3) is 0 Å². The third-order valence-corrected chi connectivity index (χ3v) is 3.61. The van der Waals surface area contributed by atoms with Gasteiger partial charge in [0.1, 0.15) is 0 Å². The molecule has 0 saturated carbocycles. The fourth-order valence-electron chi connectivity index (χ4n) is 2.33. The van der Waals surface area contributed by atoms with Crippen molar-refractivity contribution in [2.75, 3.05) is 0 Å². The van der Waals surface area contributed by atoms with Crippen molar-refractivity contribution in [2.24, 2.45) is 0 Å². The average molecular weight is 330 g/mol. The summed E-state index contributed by atoms with van der Waals surface area (Å²) in [6.07, 6.45) is 7.75. The predicted molar refractivity (Wildman–Crippen MR) is 111 cm³/mol. The van der Waals surface area contributed by atoms with Crippen molar-refractivity contribution in [3.8, 4) is 23.7 Å². The van der Waals surface area contributed by atoms with Crippen LogP contribution in [0.5, 0.6) is 0 Å². The molecule has 0 spiro atoms. The van der Waals surface area contributed by atoms with Crippen LogP contribution < -0.4 is 0 Å². The van der Waals surface area contributed by atoms with Gasteiger partial charge in [-0.15, -0.1) is 0 Å². The van der Waals surface area contributed by atoms with Crippen LogP contribution in [-0.4, -0.2) is 0 Å². The highest BCUT2D eigenvalue weighted by molar-refractivity contribution is 5.55. The van der Waals surface area contributed by atoms with E-state index in [1.165, 1.54) is 0 Å². The van der Waals surface area contributed by atoms with Crippen LogP contribution in [0.1, 0.15) is 22.3 Å². The molecule has 0 saturated heterocycles. The van der Waals surface area contributed by atoms with E-state index in [0.717, 1.165) is 22.3 Å². The van der Waals surface area contributed by atoms with Crippen LogP contribution in [-0.2, 0) is 0 Å². The third-order valence-electron chi connectivity index (χ3n) is 3.61. The standard InChI is InChI=1S/C26H18/c1-3-12-23(13-4-1)16-7-9-18-25-20-11-21-26(22-25)19-10-8-17-24-14-5-2-6-15-24/h1-8,11-17,20-22H/b16-7+,17-8+. The second-order valence-corrected chi connectivity index (χ2v) is 5.61. The molecular weight excluding hydrogens is 312 g/mol. The first kappa shape index (κ1) is 17.1. The van der Waals surface area contributed by atoms with Crippen molar-refractivity contribution >= 4 is 12.2 Å². The minimum atomic E-state index is 0.960. The van der Waals surface area contributed by atoms with Gasteiger partial charge in [-0.2, -0.15) is 0 Å². The molecule has 0 aliphatic heterocycles. The topological polar surface area (TPSA) is 0 Å². The Morgan fingerprint density at radius 2 is 0.962 bits per heavy atom. The SMILES string of the molecule is C(#Cc1cccc(C#C/C=C/c2ccccc2)c1)/C=C/c1ccccc1. The first-order chi connectivity index (χ1) is 12.9. The molecule has 3 aromatic carbocycles. The molecule has 0 fully saturated rings. The Hall–Kier alpha value is -3.74. The third kappa shape index (κ3) is 5.72. The highest BCUT2D eigenvalue weighted by atomic mass is 13.9. The first-order valence-electron chi connectivity index (χ1n) is 8.46. The molecule has 0 bridgehead atoms. The normalized spacial score (nSPS) is 10.2. The van der Waals surface area contributed by atoms with Gasteiger partial charge >= 0.3 is 0 Å². The molecule has 26 heavy (non-hydrogen) atoms. The lowest BCUT2D eigenvalue weighted by Gasteiger charge is -1.92. The molecule has 3 rings (SSSR count). The summed E-state index contributed by atoms with van der Waals surface area (Å²) >= 11 is 0. The average Bonchev–Trinajstić information content (AvgIpc) is 2.71. The summed E-state index contributed by atoms with van der Waals surface area (Å²) in [6.45, 7) is 0. The summed E-state index contributed by atoms with van der Waals surface area (Å²) in [6, 6.07) is 28.3. The van der Waals surface area contributed by atoms with E-state index in [9.17, 15) is 0 Å². The summed E-state index contributed by atoms with van der Waals surface area (Å²) < 4.78 is 0. The van der Waals surface area contributed by atoms with E-state index >= 15 is 0 Å². The van der Waals surface area contributed by atoms with Crippen LogP contribution in [0.3, 0.4) is 0 Å². The van der Waals surface area contributed by atoms with Gasteiger partial charge in [-0.3, -0.25) is 0 Å². The van der Waals surface area contributed by atoms with Gasteiger partial charge in [0, 0.05) is 11.1 Å². The molecule has 0 aliphatic carbocycles. The van der Waals surface area contributed by atoms with Gasteiger partial charge in [-0.05, 0) is 53.6 Å². The monoisotopic (exact) mass is 330 g/mol. The second-order valence-electron chi connectivity index (χ2n) is 5.61. The highest BCUT2D eigenvalue weighted by Gasteiger charge is 1.89. The lowest BCUT2D eigenvalue weighted by atomic mass is 10.1. The summed E-state index contributed by atoms with van der Waals surface area (Å²) in [5, 5.41) is 0. The number of benzene rings is 3. The van der Waals surface area contributed by atoms with Gasteiger partial charge in [-0.25, -0.2) is 0 Å². The van der Waals surface area contributed by atoms with Gasteiger partial charge < -0.3 is 0 Å². The molecule has 0 aliphatic rings. The minimum absolute atomic E-state index is 0.960. The van der Waals surface area contributed by atoms with Crippen molar-refractivity contribution in [3.05, 3.63) is 119 Å². The van der Waals surface area contributed by atoms with Crippen molar-refractivity contribution in [1.29, 1.82) is 0 Å². The predicted octanol–water partition coefficient (Wildman–Crippen LogP) is 5.82. The van der Waals surface area contributed by atoms with Crippen molar-refractivity contribution in [1.82, 2.24) is 0 Å². The van der Waals surface area contributed by atoms with E-state index < -0.39 is 0 Å². The van der Waals surface area contributed by atoms with Crippen LogP contribution in [0.2, 0.25) is 0 Å². The van der Waals surface area contributed by atoms with Crippen LogP contribution in [0.4, 0.5) is 0 Å². The van der Waals surface area contributed by atoms with Crippen molar-refractivity contribution in [3.63, 3.8) is 0 Å². The molecule has 0 atom stereocenters. The maximum atomic E-state index is 3.15. The summed E-state index contributed by atoms with van der Waals surface area (Å²) in [7, 11) is 0. The molecule has 0 unspecified atom stereocenters. The van der Waals surface area contributed by atoms with Crippen LogP contribution in [0.25, 0.3) is 12.2 Å². The summed E-state index contributed by atoms with van der Waals surface area (Å²) in [5.74, 6) is 12.4. The Bertz CT molecular complexity index is 932. The number of hydrogen-bond donors (Lipinski definition) is 0. The summed E-state index contributed by atoms with van der Waals surface area (Å²) in [4.78, 5) is 0. The van der Waals surface area contributed by atoms with Crippen LogP contribution in [0.15, 0.2) is 97.1 Å². The first-order valence-corrected chi connectivity index (χ1v) is 8.46. The van der Waals surface area contributed by atoms with E-state index in [-0.39, 0.29) is 0 Å². The van der Waals surface area contributed by atoms with Gasteiger partial charge in [0.2, 0.25) is 0 Å². The van der Waals surface area contributed by atoms with Gasteiger partial charge in [0.05, 0.1) is 0 Å². The zero-order chi connectivity index (χ0) is 17.9. The Balaban J connectivity index is 1.64. The zero-order valence-electron chi connectivity index (χ0n) is 14.4. The lowest BCUT2D eigenvalue weighted by molar-refractivity contribution is 1.60. The molecule has 0 aromatic heterocycles. The molecule has 0 amide bonds. The Morgan fingerprint density at radius 3 is 1.42 bits per heavy atom. The van der Waals surface area contributed by atoms with Crippen molar-refractivity contribution in [2.45, 2.75) is 0 Å². The van der Waals surface area contributed by atoms with E-state index in [0.29, 0.717) is 0 Å². The zero-order valence-corrected chi connectivity index (χ0v) is 14.4. The van der Waals surface area contributed by atoms with E-state index in [2.05, 4.69) is 47.9 Å². The van der Waals surface area contributed by atoms with Crippen LogP contribution in [0, 0.1) is 23.7 Å². The molecule has 0 N–H and O–H groups in total. The van der Waals surface area contributed by atoms with Gasteiger partial charge in [0.15, 0.2) is 0 Å². The summed E-state index contributed by atoms with van der Waals surface area (Å²) in [5.41, 5.74) is 4.21. The maximum absolute atomic E-state index is 3.15. The van der Waals surface area contributed by atoms with Gasteiger partial charge in [-0.1, -0.05) is 90.4 Å². The quantitative estimate of drug-likeness (QED) is 0.520. The fourth-order valence-corrected chi connectivity index (χ4v) is 2.33. The smallest absolute Gasteiger partial charge is 0.0261 e. The maximum Gasteiger partial charge on any atom is 0.0261 e. The molecule has 3 aromatic rings. The fraction of sp³-hybridized carbons (Fsp3) is 0. The van der Waals surface area contributed by atoms with E-state index in [4.69, 9.17) is 0 Å². The Kier molecular flexibility index (Phi) is 6.27. The highest BCUT2D eigenvalue weighted by Crippen LogP contribution is 2.04. The largest absolute Gasteiger partial charge is 0.0696 e. The molecule has 0 heterocycles. The molecular formula is C26H18. The van der Waals surface area contributed by atoms with E-state index in [1.54, 1.807) is 0 Å². The minimum Gasteiger partial charge on any atom is -0.0696 e. The molecule has 0 radical (unpaired) electrons. The molecule has 0 heteroatoms. The Morgan fingerprint density at radius 1 is 0.500 bits per heavy atom. The molecule has 0 nitrogen and oxygen atoms in total. The second kappa shape index (κ2) is 9.53. The van der Waals surface area contributed by atoms with Crippen LogP contribution >= 0.6 is 0 Å². The van der Waals surface area contributed by atoms with E-state index in [1.807, 2.05) is 85.0 Å². The number of hydrogen-bond acceptors (Lipinski definition) is 0. The molecule has 122 valence electrons. The Labute approximate surface area is 155 Å². The number of allylic oxidation sites excluding steroid dienone is 2. The van der Waals surface area contributed by atoms with Crippen molar-refractivity contribution < 1.29 is 0 Å². The number of rotatable bonds is 2.